The summed E-state index contributed by atoms with van der Waals surface area (Å²) in [5.41, 5.74) is 2.00. The summed E-state index contributed by atoms with van der Waals surface area (Å²) in [4.78, 5) is 12.0. The Hall–Kier alpha value is -1.25. The van der Waals surface area contributed by atoms with E-state index in [4.69, 9.17) is 9.47 Å². The predicted octanol–water partition coefficient (Wildman–Crippen LogP) is 6.58. The Morgan fingerprint density at radius 2 is 1.97 bits per heavy atom. The fraction of sp³-hybridized carbons (Fsp3) is 0.808. The first-order chi connectivity index (χ1) is 13.9. The van der Waals surface area contributed by atoms with Crippen molar-refractivity contribution >= 4 is 5.97 Å². The molecule has 0 aliphatic heterocycles. The summed E-state index contributed by atoms with van der Waals surface area (Å²) < 4.78 is 12.0. The Bertz CT molecular complexity index is 692. The van der Waals surface area contributed by atoms with E-state index in [9.17, 15) is 4.79 Å². The van der Waals surface area contributed by atoms with E-state index in [0.717, 1.165) is 37.7 Å². The molecule has 6 atom stereocenters. The van der Waals surface area contributed by atoms with Crippen molar-refractivity contribution in [2.45, 2.75) is 98.0 Å². The molecule has 4 rings (SSSR count). The van der Waals surface area contributed by atoms with Gasteiger partial charge in [-0.1, -0.05) is 40.2 Å². The highest BCUT2D eigenvalue weighted by atomic mass is 16.5. The molecule has 4 aliphatic carbocycles. The zero-order chi connectivity index (χ0) is 20.6. The van der Waals surface area contributed by atoms with Crippen molar-refractivity contribution in [1.29, 1.82) is 0 Å². The summed E-state index contributed by atoms with van der Waals surface area (Å²) in [6.45, 7) is 9.90. The summed E-state index contributed by atoms with van der Waals surface area (Å²) in [5, 5.41) is 0. The minimum Gasteiger partial charge on any atom is -0.498 e. The van der Waals surface area contributed by atoms with E-state index in [1.54, 1.807) is 0 Å². The third kappa shape index (κ3) is 3.57. The monoisotopic (exact) mass is 400 g/mol. The molecule has 2 fully saturated rings. The predicted molar refractivity (Wildman–Crippen MR) is 116 cm³/mol. The number of unbranched alkanes of at least 4 members (excludes halogenated alkanes) is 1. The van der Waals surface area contributed by atoms with Gasteiger partial charge in [0.05, 0.1) is 12.4 Å². The summed E-state index contributed by atoms with van der Waals surface area (Å²) in [6, 6.07) is 0. The number of fused-ring (bicyclic) bond motifs is 5. The minimum atomic E-state index is -0.0233. The van der Waals surface area contributed by atoms with Crippen molar-refractivity contribution in [2.75, 3.05) is 6.61 Å². The highest BCUT2D eigenvalue weighted by Crippen LogP contribution is 2.65. The maximum absolute atomic E-state index is 12.0. The van der Waals surface area contributed by atoms with Gasteiger partial charge in [0.1, 0.15) is 6.10 Å². The lowest BCUT2D eigenvalue weighted by Gasteiger charge is -2.56. The van der Waals surface area contributed by atoms with E-state index in [1.165, 1.54) is 49.9 Å². The van der Waals surface area contributed by atoms with Crippen LogP contribution in [0.3, 0.4) is 0 Å². The van der Waals surface area contributed by atoms with Crippen LogP contribution in [0, 0.1) is 28.6 Å². The third-order valence-corrected chi connectivity index (χ3v) is 8.99. The van der Waals surface area contributed by atoms with Crippen molar-refractivity contribution < 1.29 is 14.3 Å². The van der Waals surface area contributed by atoms with E-state index in [2.05, 4.69) is 32.9 Å². The molecule has 0 saturated heterocycles. The number of allylic oxidation sites excluding steroid dienone is 4. The Balaban J connectivity index is 1.52. The third-order valence-electron chi connectivity index (χ3n) is 8.99. The number of hydrogen-bond donors (Lipinski definition) is 0. The summed E-state index contributed by atoms with van der Waals surface area (Å²) in [5.74, 6) is 3.37. The van der Waals surface area contributed by atoms with E-state index in [0.29, 0.717) is 17.8 Å². The highest BCUT2D eigenvalue weighted by Gasteiger charge is 2.59. The average molecular weight is 401 g/mol. The largest absolute Gasteiger partial charge is 0.498 e. The number of hydrogen-bond acceptors (Lipinski definition) is 3. The molecule has 0 amide bonds. The number of carbonyl (C=O) groups excluding carboxylic acids is 1. The van der Waals surface area contributed by atoms with Gasteiger partial charge < -0.3 is 9.47 Å². The molecule has 0 spiro atoms. The van der Waals surface area contributed by atoms with Crippen LogP contribution < -0.4 is 0 Å². The quantitative estimate of drug-likeness (QED) is 0.373. The Labute approximate surface area is 177 Å². The van der Waals surface area contributed by atoms with Crippen LogP contribution in [0.2, 0.25) is 0 Å². The summed E-state index contributed by atoms with van der Waals surface area (Å²) >= 11 is 0. The molecule has 29 heavy (non-hydrogen) atoms. The first-order valence-corrected chi connectivity index (χ1v) is 12.2. The van der Waals surface area contributed by atoms with Crippen LogP contribution in [0.4, 0.5) is 0 Å². The first kappa shape index (κ1) is 21.0. The maximum atomic E-state index is 12.0. The van der Waals surface area contributed by atoms with E-state index in [-0.39, 0.29) is 17.5 Å². The van der Waals surface area contributed by atoms with Crippen molar-refractivity contribution in [3.8, 4) is 0 Å². The van der Waals surface area contributed by atoms with Gasteiger partial charge >= 0.3 is 5.97 Å². The molecular weight excluding hydrogens is 360 g/mol. The molecule has 0 bridgehead atoms. The van der Waals surface area contributed by atoms with Crippen molar-refractivity contribution in [2.24, 2.45) is 28.6 Å². The molecule has 2 saturated carbocycles. The summed E-state index contributed by atoms with van der Waals surface area (Å²) in [6.07, 6.45) is 16.1. The number of esters is 1. The molecule has 3 heteroatoms. The molecule has 4 aliphatic rings. The van der Waals surface area contributed by atoms with Crippen LogP contribution >= 0.6 is 0 Å². The van der Waals surface area contributed by atoms with Crippen LogP contribution in [0.1, 0.15) is 91.9 Å². The van der Waals surface area contributed by atoms with Gasteiger partial charge in [0.25, 0.3) is 0 Å². The second-order valence-corrected chi connectivity index (χ2v) is 10.5. The molecule has 0 aromatic carbocycles. The van der Waals surface area contributed by atoms with Gasteiger partial charge in [-0.2, -0.15) is 0 Å². The first-order valence-electron chi connectivity index (χ1n) is 12.2. The Kier molecular flexibility index (Phi) is 5.88. The normalized spacial score (nSPS) is 40.8. The maximum Gasteiger partial charge on any atom is 0.305 e. The van der Waals surface area contributed by atoms with Gasteiger partial charge in [0, 0.05) is 18.3 Å². The second kappa shape index (κ2) is 8.12. The van der Waals surface area contributed by atoms with Gasteiger partial charge in [0.15, 0.2) is 0 Å². The fourth-order valence-electron chi connectivity index (χ4n) is 7.15. The van der Waals surface area contributed by atoms with Crippen LogP contribution in [-0.4, -0.2) is 18.7 Å². The number of ether oxygens (including phenoxy) is 2. The van der Waals surface area contributed by atoms with Crippen LogP contribution in [0.25, 0.3) is 0 Å². The molecule has 162 valence electrons. The molecule has 0 radical (unpaired) electrons. The SMILES string of the molecule is CCCCOC1=CC2=CCC3C(CCC4(C)C(OC(=O)CC)CCC34)C2(C)CC1. The van der Waals surface area contributed by atoms with E-state index >= 15 is 0 Å². The number of rotatable bonds is 6. The van der Waals surface area contributed by atoms with Gasteiger partial charge in [-0.25, -0.2) is 0 Å². The lowest BCUT2D eigenvalue weighted by atomic mass is 9.48. The van der Waals surface area contributed by atoms with Gasteiger partial charge in [-0.05, 0) is 79.8 Å². The molecule has 6 unspecified atom stereocenters. The van der Waals surface area contributed by atoms with Crippen molar-refractivity contribution in [1.82, 2.24) is 0 Å². The fourth-order valence-corrected chi connectivity index (χ4v) is 7.15. The van der Waals surface area contributed by atoms with Gasteiger partial charge in [0.2, 0.25) is 0 Å². The summed E-state index contributed by atoms with van der Waals surface area (Å²) in [7, 11) is 0. The van der Waals surface area contributed by atoms with Crippen LogP contribution in [-0.2, 0) is 14.3 Å². The van der Waals surface area contributed by atoms with Gasteiger partial charge in [-0.3, -0.25) is 4.79 Å². The highest BCUT2D eigenvalue weighted by molar-refractivity contribution is 5.69. The zero-order valence-electron chi connectivity index (χ0n) is 19.0. The minimum absolute atomic E-state index is 0.0233. The lowest BCUT2D eigenvalue weighted by molar-refractivity contribution is -0.158. The van der Waals surface area contributed by atoms with Crippen LogP contribution in [0.5, 0.6) is 0 Å². The second-order valence-electron chi connectivity index (χ2n) is 10.5. The molecule has 3 nitrogen and oxygen atoms in total. The molecule has 0 aromatic heterocycles. The lowest BCUT2D eigenvalue weighted by Crippen LogP contribution is -2.50. The zero-order valence-corrected chi connectivity index (χ0v) is 19.0. The topological polar surface area (TPSA) is 35.5 Å². The van der Waals surface area contributed by atoms with E-state index in [1.807, 2.05) is 6.92 Å². The number of carbonyl (C=O) groups is 1. The average Bonchev–Trinajstić information content (AvgIpc) is 3.04. The Morgan fingerprint density at radius 3 is 2.72 bits per heavy atom. The van der Waals surface area contributed by atoms with Gasteiger partial charge in [-0.15, -0.1) is 0 Å². The molecule has 0 N–H and O–H groups in total. The standard InChI is InChI=1S/C26H40O3/c1-5-7-16-28-19-12-14-25(3)18(17-19)8-9-20-21-10-11-23(29-24(27)6-2)26(21,4)15-13-22(20)25/h8,17,20-23H,5-7,9-16H2,1-4H3. The van der Waals surface area contributed by atoms with Crippen molar-refractivity contribution in [3.63, 3.8) is 0 Å². The molecular formula is C26H40O3. The van der Waals surface area contributed by atoms with E-state index < -0.39 is 0 Å². The van der Waals surface area contributed by atoms with Crippen molar-refractivity contribution in [3.05, 3.63) is 23.5 Å². The molecule has 0 heterocycles. The Morgan fingerprint density at radius 1 is 1.14 bits per heavy atom. The van der Waals surface area contributed by atoms with Crippen LogP contribution in [0.15, 0.2) is 23.5 Å². The smallest absolute Gasteiger partial charge is 0.305 e. The molecule has 0 aromatic rings.